The topological polar surface area (TPSA) is 52.6 Å². The molecule has 0 radical (unpaired) electrons. The number of benzene rings is 2. The predicted octanol–water partition coefficient (Wildman–Crippen LogP) is 3.01. The Hall–Kier alpha value is -2.11. The maximum absolute atomic E-state index is 14.1. The highest BCUT2D eigenvalue weighted by atomic mass is 35.5. The Morgan fingerprint density at radius 2 is 1.91 bits per heavy atom. The smallest absolute Gasteiger partial charge is 0.254 e. The minimum Gasteiger partial charge on any atom is -0.394 e. The van der Waals surface area contributed by atoms with Gasteiger partial charge in [-0.2, -0.15) is 0 Å². The van der Waals surface area contributed by atoms with Crippen molar-refractivity contribution in [3.05, 3.63) is 64.4 Å². The van der Waals surface area contributed by atoms with E-state index in [1.165, 1.54) is 12.1 Å². The summed E-state index contributed by atoms with van der Waals surface area (Å²) in [7, 11) is 3.58. The van der Waals surface area contributed by atoms with E-state index >= 15 is 0 Å². The van der Waals surface area contributed by atoms with Crippen LogP contribution in [0, 0.1) is 5.82 Å². The second kappa shape index (κ2) is 7.44. The molecule has 0 heterocycles. The van der Waals surface area contributed by atoms with Crippen LogP contribution >= 0.6 is 11.6 Å². The van der Waals surface area contributed by atoms with Crippen molar-refractivity contribution in [2.45, 2.75) is 6.04 Å². The van der Waals surface area contributed by atoms with Gasteiger partial charge in [0, 0.05) is 24.8 Å². The van der Waals surface area contributed by atoms with Crippen molar-refractivity contribution in [3.8, 4) is 0 Å². The second-order valence-corrected chi connectivity index (χ2v) is 5.76. The number of halogens is 2. The SMILES string of the molecule is CN(C)c1ccc(C(=O)NC(CO)c2ccc(Cl)cc2)c(F)c1. The lowest BCUT2D eigenvalue weighted by molar-refractivity contribution is 0.0912. The number of carbonyl (C=O) groups is 1. The number of carbonyl (C=O) groups excluding carboxylic acids is 1. The van der Waals surface area contributed by atoms with E-state index in [1.54, 1.807) is 49.3 Å². The van der Waals surface area contributed by atoms with Crippen molar-refractivity contribution in [2.75, 3.05) is 25.6 Å². The van der Waals surface area contributed by atoms with Crippen LogP contribution in [0.15, 0.2) is 42.5 Å². The lowest BCUT2D eigenvalue weighted by atomic mass is 10.1. The molecule has 23 heavy (non-hydrogen) atoms. The first-order valence-corrected chi connectivity index (χ1v) is 7.44. The van der Waals surface area contributed by atoms with E-state index in [9.17, 15) is 14.3 Å². The first-order valence-electron chi connectivity index (χ1n) is 7.06. The van der Waals surface area contributed by atoms with E-state index in [4.69, 9.17) is 11.6 Å². The van der Waals surface area contributed by atoms with E-state index in [2.05, 4.69) is 5.32 Å². The molecule has 2 aromatic rings. The minimum atomic E-state index is -0.632. The van der Waals surface area contributed by atoms with E-state index in [0.29, 0.717) is 16.3 Å². The van der Waals surface area contributed by atoms with Gasteiger partial charge in [0.25, 0.3) is 5.91 Å². The molecular weight excluding hydrogens is 319 g/mol. The van der Waals surface area contributed by atoms with Gasteiger partial charge in [-0.1, -0.05) is 23.7 Å². The third-order valence-corrected chi connectivity index (χ3v) is 3.73. The van der Waals surface area contributed by atoms with Crippen molar-refractivity contribution in [3.63, 3.8) is 0 Å². The van der Waals surface area contributed by atoms with E-state index in [0.717, 1.165) is 0 Å². The highest BCUT2D eigenvalue weighted by Crippen LogP contribution is 2.19. The summed E-state index contributed by atoms with van der Waals surface area (Å²) >= 11 is 5.82. The molecule has 122 valence electrons. The highest BCUT2D eigenvalue weighted by molar-refractivity contribution is 6.30. The molecule has 1 amide bonds. The zero-order valence-corrected chi connectivity index (χ0v) is 13.6. The van der Waals surface area contributed by atoms with Gasteiger partial charge in [0.2, 0.25) is 0 Å². The average molecular weight is 337 g/mol. The Kier molecular flexibility index (Phi) is 5.58. The number of nitrogens with zero attached hydrogens (tertiary/aromatic N) is 1. The van der Waals surface area contributed by atoms with Crippen LogP contribution in [0.5, 0.6) is 0 Å². The Balaban J connectivity index is 2.18. The molecule has 0 aliphatic rings. The molecule has 0 saturated carbocycles. The summed E-state index contributed by atoms with van der Waals surface area (Å²) in [6, 6.07) is 10.5. The fourth-order valence-electron chi connectivity index (χ4n) is 2.13. The summed E-state index contributed by atoms with van der Waals surface area (Å²) in [6.07, 6.45) is 0. The Labute approximate surface area is 139 Å². The molecular formula is C17H18ClFN2O2. The van der Waals surface area contributed by atoms with Crippen molar-refractivity contribution in [1.82, 2.24) is 5.32 Å². The summed E-state index contributed by atoms with van der Waals surface area (Å²) in [5, 5.41) is 12.7. The molecule has 0 fully saturated rings. The molecule has 0 spiro atoms. The molecule has 4 nitrogen and oxygen atoms in total. The van der Waals surface area contributed by atoms with Crippen LogP contribution in [-0.2, 0) is 0 Å². The van der Waals surface area contributed by atoms with E-state index in [-0.39, 0.29) is 12.2 Å². The van der Waals surface area contributed by atoms with Gasteiger partial charge in [0.1, 0.15) is 5.82 Å². The van der Waals surface area contributed by atoms with Crippen LogP contribution in [0.3, 0.4) is 0 Å². The zero-order chi connectivity index (χ0) is 17.0. The van der Waals surface area contributed by atoms with Gasteiger partial charge in [0.15, 0.2) is 0 Å². The fraction of sp³-hybridized carbons (Fsp3) is 0.235. The molecule has 0 aromatic heterocycles. The van der Waals surface area contributed by atoms with Gasteiger partial charge < -0.3 is 15.3 Å². The van der Waals surface area contributed by atoms with E-state index in [1.807, 2.05) is 0 Å². The van der Waals surface area contributed by atoms with Crippen molar-refractivity contribution in [2.24, 2.45) is 0 Å². The largest absolute Gasteiger partial charge is 0.394 e. The summed E-state index contributed by atoms with van der Waals surface area (Å²) in [5.41, 5.74) is 1.29. The normalized spacial score (nSPS) is 11.9. The quantitative estimate of drug-likeness (QED) is 0.882. The number of hydrogen-bond acceptors (Lipinski definition) is 3. The molecule has 1 unspecified atom stereocenters. The molecule has 0 aliphatic heterocycles. The lowest BCUT2D eigenvalue weighted by Crippen LogP contribution is -2.31. The molecule has 0 aliphatic carbocycles. The van der Waals surface area contributed by atoms with Crippen LogP contribution < -0.4 is 10.2 Å². The molecule has 1 atom stereocenters. The first kappa shape index (κ1) is 17.2. The summed E-state index contributed by atoms with van der Waals surface area (Å²) in [6.45, 7) is -0.301. The van der Waals surface area contributed by atoms with E-state index < -0.39 is 17.8 Å². The minimum absolute atomic E-state index is 0.0667. The van der Waals surface area contributed by atoms with Crippen LogP contribution in [0.4, 0.5) is 10.1 Å². The monoisotopic (exact) mass is 336 g/mol. The molecule has 0 bridgehead atoms. The highest BCUT2D eigenvalue weighted by Gasteiger charge is 2.18. The number of nitrogens with one attached hydrogen (secondary N) is 1. The van der Waals surface area contributed by atoms with Gasteiger partial charge in [-0.05, 0) is 35.9 Å². The lowest BCUT2D eigenvalue weighted by Gasteiger charge is -2.18. The number of hydrogen-bond donors (Lipinski definition) is 2. The van der Waals surface area contributed by atoms with Gasteiger partial charge in [0.05, 0.1) is 18.2 Å². The van der Waals surface area contributed by atoms with Gasteiger partial charge in [-0.25, -0.2) is 4.39 Å². The fourth-order valence-corrected chi connectivity index (χ4v) is 2.26. The maximum Gasteiger partial charge on any atom is 0.254 e. The Morgan fingerprint density at radius 1 is 1.26 bits per heavy atom. The van der Waals surface area contributed by atoms with Crippen LogP contribution in [0.25, 0.3) is 0 Å². The van der Waals surface area contributed by atoms with Crippen LogP contribution in [0.2, 0.25) is 5.02 Å². The van der Waals surface area contributed by atoms with Gasteiger partial charge >= 0.3 is 0 Å². The average Bonchev–Trinajstić information content (AvgIpc) is 2.53. The molecule has 2 N–H and O–H groups in total. The Bertz CT molecular complexity index is 689. The van der Waals surface area contributed by atoms with Crippen molar-refractivity contribution in [1.29, 1.82) is 0 Å². The third kappa shape index (κ3) is 4.21. The maximum atomic E-state index is 14.1. The number of aliphatic hydroxyl groups excluding tert-OH is 1. The van der Waals surface area contributed by atoms with Gasteiger partial charge in [-0.3, -0.25) is 4.79 Å². The molecule has 2 aromatic carbocycles. The third-order valence-electron chi connectivity index (χ3n) is 3.47. The number of aliphatic hydroxyl groups is 1. The molecule has 0 saturated heterocycles. The predicted molar refractivity (Wildman–Crippen MR) is 89.5 cm³/mol. The number of rotatable bonds is 5. The summed E-state index contributed by atoms with van der Waals surface area (Å²) in [5.74, 6) is -1.19. The summed E-state index contributed by atoms with van der Waals surface area (Å²) < 4.78 is 14.1. The number of amides is 1. The van der Waals surface area contributed by atoms with Crippen molar-refractivity contribution < 1.29 is 14.3 Å². The molecule has 2 rings (SSSR count). The molecule has 6 heteroatoms. The summed E-state index contributed by atoms with van der Waals surface area (Å²) in [4.78, 5) is 14.0. The van der Waals surface area contributed by atoms with Crippen LogP contribution in [-0.4, -0.2) is 31.7 Å². The Morgan fingerprint density at radius 3 is 2.43 bits per heavy atom. The van der Waals surface area contributed by atoms with Crippen LogP contribution in [0.1, 0.15) is 22.0 Å². The first-order chi connectivity index (χ1) is 10.9. The second-order valence-electron chi connectivity index (χ2n) is 5.32. The zero-order valence-electron chi connectivity index (χ0n) is 12.9. The van der Waals surface area contributed by atoms with Crippen molar-refractivity contribution >= 4 is 23.2 Å². The van der Waals surface area contributed by atoms with Gasteiger partial charge in [-0.15, -0.1) is 0 Å². The standard InChI is InChI=1S/C17H18ClFN2O2/c1-21(2)13-7-8-14(15(19)9-13)17(23)20-16(10-22)11-3-5-12(18)6-4-11/h3-9,16,22H,10H2,1-2H3,(H,20,23). The number of anilines is 1.